The molecular formula is C23H35N3O6S3Si. The molecule has 4 atom stereocenters. The number of carbonyl (C=O) groups is 2. The average molecular weight is 574 g/mol. The van der Waals surface area contributed by atoms with Crippen molar-refractivity contribution in [2.24, 2.45) is 5.92 Å². The first-order valence-electron chi connectivity index (χ1n) is 11.6. The molecule has 36 heavy (non-hydrogen) atoms. The molecule has 1 aliphatic heterocycles. The van der Waals surface area contributed by atoms with Crippen LogP contribution in [0.4, 0.5) is 10.5 Å². The maximum Gasteiger partial charge on any atom is 0.407 e. The molecular weight excluding hydrogens is 539 g/mol. The zero-order valence-corrected chi connectivity index (χ0v) is 25.1. The van der Waals surface area contributed by atoms with Gasteiger partial charge in [-0.25, -0.2) is 4.79 Å². The van der Waals surface area contributed by atoms with Gasteiger partial charge in [-0.3, -0.25) is 14.9 Å². The van der Waals surface area contributed by atoms with Crippen LogP contribution < -0.4 is 10.6 Å². The third-order valence-corrected chi connectivity index (χ3v) is 13.6. The van der Waals surface area contributed by atoms with Crippen LogP contribution in [0.5, 0.6) is 0 Å². The molecule has 0 radical (unpaired) electrons. The zero-order chi connectivity index (χ0) is 27.3. The summed E-state index contributed by atoms with van der Waals surface area (Å²) >= 11 is 8.41. The Balaban J connectivity index is 1.74. The number of carbonyl (C=O) groups excluding carboxylic acids is 2. The molecule has 1 heterocycles. The van der Waals surface area contributed by atoms with Crippen LogP contribution in [0.1, 0.15) is 40.2 Å². The molecule has 2 amide bonds. The van der Waals surface area contributed by atoms with Crippen LogP contribution >= 0.6 is 35.7 Å². The van der Waals surface area contributed by atoms with E-state index in [9.17, 15) is 19.7 Å². The second kappa shape index (κ2) is 12.7. The summed E-state index contributed by atoms with van der Waals surface area (Å²) < 4.78 is 12.3. The molecule has 0 bridgehead atoms. The number of thioether (sulfide) groups is 2. The highest BCUT2D eigenvalue weighted by molar-refractivity contribution is 8.47. The fourth-order valence-corrected chi connectivity index (χ4v) is 7.75. The van der Waals surface area contributed by atoms with E-state index in [1.807, 2.05) is 13.8 Å². The van der Waals surface area contributed by atoms with Crippen molar-refractivity contribution >= 4 is 65.3 Å². The van der Waals surface area contributed by atoms with Gasteiger partial charge in [0.05, 0.1) is 22.3 Å². The van der Waals surface area contributed by atoms with Crippen molar-refractivity contribution in [3.8, 4) is 0 Å². The smallest absolute Gasteiger partial charge is 0.407 e. The largest absolute Gasteiger partial charge is 0.445 e. The molecule has 2 rings (SSSR count). The Bertz CT molecular complexity index is 971. The first-order valence-corrected chi connectivity index (χ1v) is 16.7. The summed E-state index contributed by atoms with van der Waals surface area (Å²) in [5.74, 6) is -0.275. The summed E-state index contributed by atoms with van der Waals surface area (Å²) in [5, 5.41) is 16.2. The summed E-state index contributed by atoms with van der Waals surface area (Å²) in [6, 6.07) is 5.82. The predicted octanol–water partition coefficient (Wildman–Crippen LogP) is 5.44. The van der Waals surface area contributed by atoms with Crippen LogP contribution in [0.2, 0.25) is 18.1 Å². The third-order valence-electron chi connectivity index (χ3n) is 6.28. The number of hydrogen-bond acceptors (Lipinski definition) is 9. The van der Waals surface area contributed by atoms with Crippen molar-refractivity contribution in [2.75, 3.05) is 6.54 Å². The van der Waals surface area contributed by atoms with Gasteiger partial charge in [-0.1, -0.05) is 51.7 Å². The van der Waals surface area contributed by atoms with Crippen LogP contribution in [0, 0.1) is 16.0 Å². The maximum atomic E-state index is 12.3. The maximum absolute atomic E-state index is 12.3. The van der Waals surface area contributed by atoms with Crippen molar-refractivity contribution in [2.45, 2.75) is 76.1 Å². The zero-order valence-electron chi connectivity index (χ0n) is 21.7. The normalized spacial score (nSPS) is 19.5. The van der Waals surface area contributed by atoms with E-state index in [0.29, 0.717) is 15.6 Å². The van der Waals surface area contributed by atoms with E-state index in [1.54, 1.807) is 12.1 Å². The minimum atomic E-state index is -2.00. The monoisotopic (exact) mass is 573 g/mol. The highest BCUT2D eigenvalue weighted by Crippen LogP contribution is 2.41. The van der Waals surface area contributed by atoms with E-state index in [1.165, 1.54) is 35.7 Å². The number of benzene rings is 1. The Labute approximate surface area is 227 Å². The van der Waals surface area contributed by atoms with Gasteiger partial charge in [0.25, 0.3) is 5.69 Å². The van der Waals surface area contributed by atoms with Crippen molar-refractivity contribution < 1.29 is 23.7 Å². The molecule has 1 fully saturated rings. The minimum absolute atomic E-state index is 0.00735. The molecule has 0 saturated carbocycles. The Kier molecular flexibility index (Phi) is 10.8. The summed E-state index contributed by atoms with van der Waals surface area (Å²) in [6.07, 6.45) is -0.781. The summed E-state index contributed by atoms with van der Waals surface area (Å²) in [4.78, 5) is 34.5. The lowest BCUT2D eigenvalue weighted by Gasteiger charge is -2.45. The molecule has 13 heteroatoms. The van der Waals surface area contributed by atoms with E-state index in [2.05, 4.69) is 44.5 Å². The van der Waals surface area contributed by atoms with Crippen LogP contribution in [-0.4, -0.2) is 52.0 Å². The van der Waals surface area contributed by atoms with Crippen LogP contribution in [0.3, 0.4) is 0 Å². The fraction of sp³-hybridized carbons (Fsp3) is 0.609. The molecule has 1 aromatic carbocycles. The number of non-ortho nitro benzene ring substituents is 1. The number of nitrogens with zero attached hydrogens (tertiary/aromatic N) is 1. The highest BCUT2D eigenvalue weighted by Gasteiger charge is 2.48. The minimum Gasteiger partial charge on any atom is -0.445 e. The van der Waals surface area contributed by atoms with Crippen molar-refractivity contribution in [1.82, 2.24) is 10.6 Å². The summed E-state index contributed by atoms with van der Waals surface area (Å²) in [6.45, 7) is 15.1. The Morgan fingerprint density at radius 2 is 1.89 bits per heavy atom. The number of thiocarbonyl (C=S) groups is 1. The van der Waals surface area contributed by atoms with Gasteiger partial charge in [0.1, 0.15) is 10.1 Å². The number of β-lactam (4-membered cyclic amide) rings is 1. The standard InChI is InChI=1S/C23H35N3O6S3Si/c1-14(12-24-21(28)31-13-16-8-10-17(11-9-16)26(29)30)34-22(33)35-20-18(19(27)25-20)15(2)32-36(6,7)23(3,4)5/h8-11,14-15,18,20H,12-13H2,1-7H3,(H,24,28)(H,25,27)/t14?,15-,18+,20-/m1/s1. The number of rotatable bonds is 10. The quantitative estimate of drug-likeness (QED) is 0.124. The van der Waals surface area contributed by atoms with E-state index < -0.39 is 19.3 Å². The van der Waals surface area contributed by atoms with Crippen molar-refractivity contribution in [1.29, 1.82) is 0 Å². The number of nitro benzene ring substituents is 1. The molecule has 1 unspecified atom stereocenters. The molecule has 1 aliphatic rings. The van der Waals surface area contributed by atoms with Gasteiger partial charge in [-0.2, -0.15) is 0 Å². The van der Waals surface area contributed by atoms with E-state index in [-0.39, 0.29) is 45.9 Å². The van der Waals surface area contributed by atoms with Gasteiger partial charge < -0.3 is 19.8 Å². The molecule has 1 saturated heterocycles. The average Bonchev–Trinajstić information content (AvgIpc) is 2.74. The van der Waals surface area contributed by atoms with Crippen LogP contribution in [0.15, 0.2) is 24.3 Å². The second-order valence-electron chi connectivity index (χ2n) is 10.2. The molecule has 0 aliphatic carbocycles. The number of alkyl carbamates (subject to hydrolysis) is 1. The topological polar surface area (TPSA) is 120 Å². The van der Waals surface area contributed by atoms with Crippen LogP contribution in [0.25, 0.3) is 0 Å². The number of nitro groups is 1. The second-order valence-corrected chi connectivity index (χ2v) is 18.8. The van der Waals surface area contributed by atoms with Gasteiger partial charge in [-0.15, -0.1) is 11.8 Å². The van der Waals surface area contributed by atoms with Crippen molar-refractivity contribution in [3.63, 3.8) is 0 Å². The SMILES string of the molecule is CC(CNC(=O)OCc1ccc([N+](=O)[O-])cc1)SC(=S)S[C@H]1NC(=O)[C@@H]1[C@@H](C)O[Si](C)(C)C(C)(C)C. The van der Waals surface area contributed by atoms with E-state index in [0.717, 1.165) is 0 Å². The highest BCUT2D eigenvalue weighted by atomic mass is 32.2. The summed E-state index contributed by atoms with van der Waals surface area (Å²) in [5.41, 5.74) is 0.632. The molecule has 200 valence electrons. The fourth-order valence-electron chi connectivity index (χ4n) is 3.12. The molecule has 1 aromatic rings. The number of ether oxygens (including phenoxy) is 1. The Morgan fingerprint density at radius 1 is 1.28 bits per heavy atom. The van der Waals surface area contributed by atoms with Gasteiger partial charge >= 0.3 is 6.09 Å². The number of amides is 2. The number of nitrogens with one attached hydrogen (secondary N) is 2. The number of hydrogen-bond donors (Lipinski definition) is 2. The van der Waals surface area contributed by atoms with Gasteiger partial charge in [0.15, 0.2) is 8.32 Å². The summed E-state index contributed by atoms with van der Waals surface area (Å²) in [7, 11) is -2.00. The van der Waals surface area contributed by atoms with Gasteiger partial charge in [0.2, 0.25) is 5.91 Å². The Hall–Kier alpha value is -1.67. The predicted molar refractivity (Wildman–Crippen MR) is 152 cm³/mol. The molecule has 0 spiro atoms. The molecule has 2 N–H and O–H groups in total. The Morgan fingerprint density at radius 3 is 2.42 bits per heavy atom. The van der Waals surface area contributed by atoms with Crippen LogP contribution in [-0.2, 0) is 20.6 Å². The van der Waals surface area contributed by atoms with Crippen molar-refractivity contribution in [3.05, 3.63) is 39.9 Å². The first kappa shape index (κ1) is 30.6. The van der Waals surface area contributed by atoms with Gasteiger partial charge in [0, 0.05) is 23.9 Å². The van der Waals surface area contributed by atoms with E-state index in [4.69, 9.17) is 21.4 Å². The van der Waals surface area contributed by atoms with Gasteiger partial charge in [-0.05, 0) is 42.8 Å². The van der Waals surface area contributed by atoms with E-state index >= 15 is 0 Å². The molecule has 9 nitrogen and oxygen atoms in total. The lowest BCUT2D eigenvalue weighted by atomic mass is 9.96. The lowest BCUT2D eigenvalue weighted by molar-refractivity contribution is -0.384. The first-order chi connectivity index (χ1) is 16.6. The lowest BCUT2D eigenvalue weighted by Crippen LogP contribution is -2.62. The molecule has 0 aromatic heterocycles. The third kappa shape index (κ3) is 8.72.